The van der Waals surface area contributed by atoms with Gasteiger partial charge in [-0.25, -0.2) is 0 Å². The quantitative estimate of drug-likeness (QED) is 0.894. The maximum absolute atomic E-state index is 11.8. The van der Waals surface area contributed by atoms with Crippen molar-refractivity contribution in [2.45, 2.75) is 13.5 Å². The van der Waals surface area contributed by atoms with Gasteiger partial charge in [-0.2, -0.15) is 0 Å². The molecule has 2 rings (SSSR count). The normalized spacial score (nSPS) is 10.3. The summed E-state index contributed by atoms with van der Waals surface area (Å²) in [4.78, 5) is 11.8. The average molecular weight is 244 g/mol. The van der Waals surface area contributed by atoms with Crippen molar-refractivity contribution in [3.8, 4) is 5.75 Å². The van der Waals surface area contributed by atoms with Crippen LogP contribution in [0.3, 0.4) is 0 Å². The van der Waals surface area contributed by atoms with Gasteiger partial charge in [-0.05, 0) is 30.7 Å². The summed E-state index contributed by atoms with van der Waals surface area (Å²) in [6.07, 6.45) is 3.42. The number of hydrogen-bond donors (Lipinski definition) is 1. The summed E-state index contributed by atoms with van der Waals surface area (Å²) in [5, 5.41) is 0. The van der Waals surface area contributed by atoms with Crippen molar-refractivity contribution in [1.82, 2.24) is 4.57 Å². The summed E-state index contributed by atoms with van der Waals surface area (Å²) >= 11 is 0. The second-order valence-corrected chi connectivity index (χ2v) is 4.13. The molecule has 1 heterocycles. The minimum absolute atomic E-state index is 0.0156. The van der Waals surface area contributed by atoms with E-state index in [1.807, 2.05) is 37.3 Å². The molecule has 0 saturated heterocycles. The molecule has 0 aliphatic heterocycles. The van der Waals surface area contributed by atoms with Crippen LogP contribution in [0, 0.1) is 6.92 Å². The van der Waals surface area contributed by atoms with E-state index in [9.17, 15) is 4.79 Å². The highest BCUT2D eigenvalue weighted by atomic mass is 16.5. The molecular weight excluding hydrogens is 228 g/mol. The van der Waals surface area contributed by atoms with E-state index in [2.05, 4.69) is 0 Å². The second-order valence-electron chi connectivity index (χ2n) is 4.13. The Labute approximate surface area is 106 Å². The van der Waals surface area contributed by atoms with Crippen LogP contribution in [0.1, 0.15) is 15.9 Å². The lowest BCUT2D eigenvalue weighted by atomic mass is 10.2. The first-order valence-electron chi connectivity index (χ1n) is 5.78. The number of aromatic nitrogens is 1. The van der Waals surface area contributed by atoms with Crippen LogP contribution < -0.4 is 10.5 Å². The third kappa shape index (κ3) is 2.99. The highest BCUT2D eigenvalue weighted by Crippen LogP contribution is 2.11. The third-order valence-electron chi connectivity index (χ3n) is 2.66. The lowest BCUT2D eigenvalue weighted by Crippen LogP contribution is -2.17. The lowest BCUT2D eigenvalue weighted by Gasteiger charge is -2.06. The van der Waals surface area contributed by atoms with Crippen molar-refractivity contribution in [2.24, 2.45) is 5.73 Å². The van der Waals surface area contributed by atoms with Crippen LogP contribution in [0.2, 0.25) is 0 Å². The van der Waals surface area contributed by atoms with E-state index in [1.165, 1.54) is 4.57 Å². The molecule has 94 valence electrons. The number of benzene rings is 1. The van der Waals surface area contributed by atoms with Gasteiger partial charge >= 0.3 is 0 Å². The Hall–Kier alpha value is -2.07. The molecule has 0 unspecified atom stereocenters. The van der Waals surface area contributed by atoms with Gasteiger partial charge in [0.2, 0.25) is 0 Å². The number of nitrogens with zero attached hydrogens (tertiary/aromatic N) is 1. The molecule has 2 N–H and O–H groups in total. The Bertz CT molecular complexity index is 529. The Morgan fingerprint density at radius 2 is 2.00 bits per heavy atom. The fraction of sp³-hybridized carbons (Fsp3) is 0.214. The molecule has 1 aromatic carbocycles. The minimum Gasteiger partial charge on any atom is -0.484 e. The molecular formula is C14H16N2O2. The number of carbonyl (C=O) groups is 1. The van der Waals surface area contributed by atoms with E-state index in [0.717, 1.165) is 11.1 Å². The number of aryl methyl sites for hydroxylation is 1. The van der Waals surface area contributed by atoms with Crippen molar-refractivity contribution in [1.29, 1.82) is 0 Å². The SMILES string of the molecule is Cc1ccc(OCC(=O)n2ccc(CN)c2)cc1. The molecule has 4 nitrogen and oxygen atoms in total. The maximum Gasteiger partial charge on any atom is 0.268 e. The molecule has 4 heteroatoms. The Balaban J connectivity index is 1.93. The molecule has 1 aromatic heterocycles. The van der Waals surface area contributed by atoms with Crippen LogP contribution in [0.5, 0.6) is 5.75 Å². The summed E-state index contributed by atoms with van der Waals surface area (Å²) in [5.41, 5.74) is 7.57. The van der Waals surface area contributed by atoms with Gasteiger partial charge in [0.15, 0.2) is 6.61 Å². The van der Waals surface area contributed by atoms with Gasteiger partial charge in [-0.1, -0.05) is 17.7 Å². The predicted octanol–water partition coefficient (Wildman–Crippen LogP) is 1.97. The maximum atomic E-state index is 11.8. The largest absolute Gasteiger partial charge is 0.484 e. The first kappa shape index (κ1) is 12.4. The summed E-state index contributed by atoms with van der Waals surface area (Å²) < 4.78 is 6.91. The minimum atomic E-state index is -0.115. The number of nitrogens with two attached hydrogens (primary N) is 1. The zero-order valence-electron chi connectivity index (χ0n) is 10.3. The molecule has 0 radical (unpaired) electrons. The summed E-state index contributed by atoms with van der Waals surface area (Å²) in [5.74, 6) is 0.579. The molecule has 0 fully saturated rings. The number of ether oxygens (including phenoxy) is 1. The number of hydrogen-bond acceptors (Lipinski definition) is 3. The summed E-state index contributed by atoms with van der Waals surface area (Å²) in [6, 6.07) is 9.42. The number of carbonyl (C=O) groups excluding carboxylic acids is 1. The monoisotopic (exact) mass is 244 g/mol. The Kier molecular flexibility index (Phi) is 3.79. The lowest BCUT2D eigenvalue weighted by molar-refractivity contribution is 0.0838. The van der Waals surface area contributed by atoms with Crippen molar-refractivity contribution in [3.63, 3.8) is 0 Å². The van der Waals surface area contributed by atoms with Crippen LogP contribution in [0.4, 0.5) is 0 Å². The molecule has 0 aliphatic carbocycles. The molecule has 0 atom stereocenters. The van der Waals surface area contributed by atoms with Gasteiger partial charge in [0.05, 0.1) is 0 Å². The highest BCUT2D eigenvalue weighted by molar-refractivity contribution is 5.80. The van der Waals surface area contributed by atoms with E-state index in [-0.39, 0.29) is 12.5 Å². The van der Waals surface area contributed by atoms with Crippen molar-refractivity contribution in [3.05, 3.63) is 53.9 Å². The van der Waals surface area contributed by atoms with Crippen molar-refractivity contribution in [2.75, 3.05) is 6.61 Å². The fourth-order valence-electron chi connectivity index (χ4n) is 1.57. The Morgan fingerprint density at radius 3 is 2.61 bits per heavy atom. The smallest absolute Gasteiger partial charge is 0.268 e. The van der Waals surface area contributed by atoms with E-state index in [4.69, 9.17) is 10.5 Å². The van der Waals surface area contributed by atoms with Crippen molar-refractivity contribution < 1.29 is 9.53 Å². The zero-order valence-corrected chi connectivity index (χ0v) is 10.3. The molecule has 0 bridgehead atoms. The second kappa shape index (κ2) is 5.51. The van der Waals surface area contributed by atoms with E-state index in [1.54, 1.807) is 12.4 Å². The summed E-state index contributed by atoms with van der Waals surface area (Å²) in [7, 11) is 0. The molecule has 2 aromatic rings. The van der Waals surface area contributed by atoms with Gasteiger partial charge < -0.3 is 10.5 Å². The van der Waals surface area contributed by atoms with Gasteiger partial charge in [0.1, 0.15) is 5.75 Å². The third-order valence-corrected chi connectivity index (χ3v) is 2.66. The topological polar surface area (TPSA) is 57.2 Å². The van der Waals surface area contributed by atoms with Gasteiger partial charge in [-0.3, -0.25) is 9.36 Å². The van der Waals surface area contributed by atoms with E-state index < -0.39 is 0 Å². The van der Waals surface area contributed by atoms with Gasteiger partial charge in [0.25, 0.3) is 5.91 Å². The molecule has 0 aliphatic rings. The van der Waals surface area contributed by atoms with Crippen LogP contribution in [-0.2, 0) is 6.54 Å². The molecule has 0 spiro atoms. The van der Waals surface area contributed by atoms with E-state index in [0.29, 0.717) is 12.3 Å². The zero-order chi connectivity index (χ0) is 13.0. The standard InChI is InChI=1S/C14H16N2O2/c1-11-2-4-13(5-3-11)18-10-14(17)16-7-6-12(8-15)9-16/h2-7,9H,8,10,15H2,1H3. The number of rotatable bonds is 4. The highest BCUT2D eigenvalue weighted by Gasteiger charge is 2.06. The molecule has 0 saturated carbocycles. The Morgan fingerprint density at radius 1 is 1.28 bits per heavy atom. The van der Waals surface area contributed by atoms with E-state index >= 15 is 0 Å². The summed E-state index contributed by atoms with van der Waals surface area (Å²) in [6.45, 7) is 2.45. The van der Waals surface area contributed by atoms with Gasteiger partial charge in [0, 0.05) is 18.9 Å². The molecule has 18 heavy (non-hydrogen) atoms. The first-order valence-corrected chi connectivity index (χ1v) is 5.78. The average Bonchev–Trinajstić information content (AvgIpc) is 2.86. The predicted molar refractivity (Wildman–Crippen MR) is 69.6 cm³/mol. The molecule has 0 amide bonds. The fourth-order valence-corrected chi connectivity index (χ4v) is 1.57. The van der Waals surface area contributed by atoms with Gasteiger partial charge in [-0.15, -0.1) is 0 Å². The van der Waals surface area contributed by atoms with Crippen LogP contribution in [0.15, 0.2) is 42.7 Å². The van der Waals surface area contributed by atoms with Crippen molar-refractivity contribution >= 4 is 5.91 Å². The van der Waals surface area contributed by atoms with Crippen LogP contribution >= 0.6 is 0 Å². The van der Waals surface area contributed by atoms with Crippen LogP contribution in [0.25, 0.3) is 0 Å². The van der Waals surface area contributed by atoms with Crippen LogP contribution in [-0.4, -0.2) is 17.1 Å². The first-order chi connectivity index (χ1) is 8.69.